The number of aromatic nitrogens is 1. The molecule has 1 N–H and O–H groups in total. The molecule has 0 aliphatic carbocycles. The molecule has 0 bridgehead atoms. The number of rotatable bonds is 5. The van der Waals surface area contributed by atoms with Crippen molar-refractivity contribution in [3.8, 4) is 0 Å². The normalized spacial score (nSPS) is 12.0. The Morgan fingerprint density at radius 3 is 2.70 bits per heavy atom. The fourth-order valence-corrected chi connectivity index (χ4v) is 2.65. The maximum atomic E-state index is 12.2. The van der Waals surface area contributed by atoms with Gasteiger partial charge in [-0.1, -0.05) is 12.1 Å². The molecule has 9 heteroatoms. The van der Waals surface area contributed by atoms with Crippen molar-refractivity contribution >= 4 is 21.4 Å². The number of hydrazone groups is 1. The highest BCUT2D eigenvalue weighted by Crippen LogP contribution is 2.22. The molecular weight excluding hydrogens is 320 g/mol. The number of hydrogen-bond donors (Lipinski definition) is 1. The SMILES string of the molecule is C/C(=N\NS(=O)(=O)c1ccc(C)c([N+](=O)[O-])c1)c1cccnc1. The molecule has 0 saturated carbocycles. The van der Waals surface area contributed by atoms with E-state index in [-0.39, 0.29) is 10.6 Å². The Kier molecular flexibility index (Phi) is 4.70. The molecule has 0 saturated heterocycles. The van der Waals surface area contributed by atoms with Crippen molar-refractivity contribution in [3.63, 3.8) is 0 Å². The van der Waals surface area contributed by atoms with Crippen molar-refractivity contribution in [1.82, 2.24) is 9.82 Å². The summed E-state index contributed by atoms with van der Waals surface area (Å²) in [5, 5.41) is 14.7. The van der Waals surface area contributed by atoms with Crippen LogP contribution in [0.3, 0.4) is 0 Å². The van der Waals surface area contributed by atoms with Crippen LogP contribution in [-0.4, -0.2) is 24.0 Å². The third-order valence-corrected chi connectivity index (χ3v) is 4.31. The average molecular weight is 334 g/mol. The number of hydrogen-bond acceptors (Lipinski definition) is 6. The number of nitro groups is 1. The fourth-order valence-electron chi connectivity index (χ4n) is 1.78. The van der Waals surface area contributed by atoms with Crippen molar-refractivity contribution < 1.29 is 13.3 Å². The first-order valence-corrected chi connectivity index (χ1v) is 8.01. The van der Waals surface area contributed by atoms with Crippen LogP contribution in [0.25, 0.3) is 0 Å². The highest BCUT2D eigenvalue weighted by Gasteiger charge is 2.19. The van der Waals surface area contributed by atoms with Crippen LogP contribution in [0.2, 0.25) is 0 Å². The van der Waals surface area contributed by atoms with Gasteiger partial charge in [-0.05, 0) is 26.0 Å². The lowest BCUT2D eigenvalue weighted by molar-refractivity contribution is -0.385. The van der Waals surface area contributed by atoms with Crippen LogP contribution in [0.5, 0.6) is 0 Å². The Bertz CT molecular complexity index is 864. The van der Waals surface area contributed by atoms with Crippen LogP contribution >= 0.6 is 0 Å². The van der Waals surface area contributed by atoms with Gasteiger partial charge in [0.1, 0.15) is 0 Å². The van der Waals surface area contributed by atoms with Gasteiger partial charge in [0, 0.05) is 29.6 Å². The highest BCUT2D eigenvalue weighted by atomic mass is 32.2. The minimum atomic E-state index is -4.00. The molecule has 0 unspecified atom stereocenters. The summed E-state index contributed by atoms with van der Waals surface area (Å²) in [5.74, 6) is 0. The zero-order chi connectivity index (χ0) is 17.0. The monoisotopic (exact) mass is 334 g/mol. The van der Waals surface area contributed by atoms with Crippen LogP contribution < -0.4 is 4.83 Å². The molecule has 2 aromatic rings. The summed E-state index contributed by atoms with van der Waals surface area (Å²) < 4.78 is 24.4. The molecule has 0 amide bonds. The molecule has 0 atom stereocenters. The number of nitro benzene ring substituents is 1. The summed E-state index contributed by atoms with van der Waals surface area (Å²) in [6, 6.07) is 7.11. The van der Waals surface area contributed by atoms with E-state index in [0.717, 1.165) is 6.07 Å². The van der Waals surface area contributed by atoms with Crippen molar-refractivity contribution in [2.75, 3.05) is 0 Å². The van der Waals surface area contributed by atoms with E-state index in [1.807, 2.05) is 0 Å². The molecule has 1 aromatic carbocycles. The molecule has 1 heterocycles. The van der Waals surface area contributed by atoms with E-state index < -0.39 is 14.9 Å². The number of nitrogens with one attached hydrogen (secondary N) is 1. The number of sulfonamides is 1. The van der Waals surface area contributed by atoms with Crippen molar-refractivity contribution in [1.29, 1.82) is 0 Å². The first-order chi connectivity index (χ1) is 10.8. The maximum absolute atomic E-state index is 12.2. The van der Waals surface area contributed by atoms with E-state index in [9.17, 15) is 18.5 Å². The van der Waals surface area contributed by atoms with Gasteiger partial charge in [0.25, 0.3) is 15.7 Å². The minimum Gasteiger partial charge on any atom is -0.264 e. The second-order valence-corrected chi connectivity index (χ2v) is 6.40. The van der Waals surface area contributed by atoms with Crippen LogP contribution in [0.4, 0.5) is 5.69 Å². The van der Waals surface area contributed by atoms with Gasteiger partial charge in [0.15, 0.2) is 0 Å². The second kappa shape index (κ2) is 6.53. The third-order valence-electron chi connectivity index (χ3n) is 3.10. The lowest BCUT2D eigenvalue weighted by Crippen LogP contribution is -2.20. The lowest BCUT2D eigenvalue weighted by Gasteiger charge is -2.06. The fraction of sp³-hybridized carbons (Fsp3) is 0.143. The van der Waals surface area contributed by atoms with Crippen LogP contribution in [0.15, 0.2) is 52.7 Å². The molecule has 23 heavy (non-hydrogen) atoms. The average Bonchev–Trinajstić information content (AvgIpc) is 2.53. The van der Waals surface area contributed by atoms with Crippen molar-refractivity contribution in [3.05, 3.63) is 64.0 Å². The van der Waals surface area contributed by atoms with Gasteiger partial charge < -0.3 is 0 Å². The van der Waals surface area contributed by atoms with Gasteiger partial charge in [0.05, 0.1) is 15.5 Å². The Morgan fingerprint density at radius 2 is 2.09 bits per heavy atom. The van der Waals surface area contributed by atoms with E-state index in [1.165, 1.54) is 19.1 Å². The largest absolute Gasteiger partial charge is 0.276 e. The lowest BCUT2D eigenvalue weighted by atomic mass is 10.2. The van der Waals surface area contributed by atoms with Gasteiger partial charge in [-0.2, -0.15) is 18.4 Å². The van der Waals surface area contributed by atoms with Crippen LogP contribution in [0, 0.1) is 17.0 Å². The number of pyridine rings is 1. The van der Waals surface area contributed by atoms with Gasteiger partial charge >= 0.3 is 0 Å². The summed E-state index contributed by atoms with van der Waals surface area (Å²) in [6.45, 7) is 3.16. The van der Waals surface area contributed by atoms with Gasteiger partial charge in [-0.15, -0.1) is 0 Å². The summed E-state index contributed by atoms with van der Waals surface area (Å²) in [4.78, 5) is 16.0. The summed E-state index contributed by atoms with van der Waals surface area (Å²) in [6.07, 6.45) is 3.14. The Morgan fingerprint density at radius 1 is 1.35 bits per heavy atom. The smallest absolute Gasteiger partial charge is 0.264 e. The molecule has 0 fully saturated rings. The topological polar surface area (TPSA) is 115 Å². The summed E-state index contributed by atoms with van der Waals surface area (Å²) >= 11 is 0. The maximum Gasteiger partial charge on any atom is 0.276 e. The molecule has 0 aliphatic heterocycles. The molecule has 0 spiro atoms. The summed E-state index contributed by atoms with van der Waals surface area (Å²) in [5.41, 5.74) is 1.19. The van der Waals surface area contributed by atoms with Crippen LogP contribution in [0.1, 0.15) is 18.1 Å². The quantitative estimate of drug-likeness (QED) is 0.510. The number of benzene rings is 1. The van der Waals surface area contributed by atoms with Gasteiger partial charge in [0.2, 0.25) is 0 Å². The third kappa shape index (κ3) is 3.89. The van der Waals surface area contributed by atoms with Crippen molar-refractivity contribution in [2.24, 2.45) is 5.10 Å². The molecule has 8 nitrogen and oxygen atoms in total. The zero-order valence-corrected chi connectivity index (χ0v) is 13.2. The molecule has 0 radical (unpaired) electrons. The molecule has 120 valence electrons. The predicted molar refractivity (Wildman–Crippen MR) is 84.6 cm³/mol. The van der Waals surface area contributed by atoms with E-state index in [1.54, 1.807) is 31.5 Å². The molecule has 0 aliphatic rings. The first-order valence-electron chi connectivity index (χ1n) is 6.53. The minimum absolute atomic E-state index is 0.225. The zero-order valence-electron chi connectivity index (χ0n) is 12.4. The molecule has 2 rings (SSSR count). The second-order valence-electron chi connectivity index (χ2n) is 4.74. The molecular formula is C14H14N4O4S. The standard InChI is InChI=1S/C14H14N4O4S/c1-10-5-6-13(8-14(10)18(19)20)23(21,22)17-16-11(2)12-4-3-7-15-9-12/h3-9,17H,1-2H3/b16-11+. The Balaban J connectivity index is 2.29. The highest BCUT2D eigenvalue weighted by molar-refractivity contribution is 7.89. The van der Waals surface area contributed by atoms with E-state index >= 15 is 0 Å². The summed E-state index contributed by atoms with van der Waals surface area (Å²) in [7, 11) is -4.00. The number of nitrogens with zero attached hydrogens (tertiary/aromatic N) is 3. The van der Waals surface area contributed by atoms with E-state index in [4.69, 9.17) is 0 Å². The Labute approximate surface area is 133 Å². The van der Waals surface area contributed by atoms with E-state index in [2.05, 4.69) is 14.9 Å². The first kappa shape index (κ1) is 16.6. The van der Waals surface area contributed by atoms with E-state index in [0.29, 0.717) is 16.8 Å². The van der Waals surface area contributed by atoms with Gasteiger partial charge in [-0.3, -0.25) is 15.1 Å². The predicted octanol–water partition coefficient (Wildman–Crippen LogP) is 2.00. The number of aryl methyl sites for hydroxylation is 1. The van der Waals surface area contributed by atoms with Crippen LogP contribution in [-0.2, 0) is 10.0 Å². The molecule has 1 aromatic heterocycles. The van der Waals surface area contributed by atoms with Crippen molar-refractivity contribution in [2.45, 2.75) is 18.7 Å². The Hall–Kier alpha value is -2.81. The van der Waals surface area contributed by atoms with Gasteiger partial charge in [-0.25, -0.2) is 0 Å².